The monoisotopic (exact) mass is 279 g/mol. The molecule has 0 spiro atoms. The fourth-order valence-electron chi connectivity index (χ4n) is 1.15. The highest BCUT2D eigenvalue weighted by molar-refractivity contribution is 6.36. The van der Waals surface area contributed by atoms with Crippen molar-refractivity contribution in [3.05, 3.63) is 33.8 Å². The van der Waals surface area contributed by atoms with Crippen LogP contribution in [-0.2, 0) is 0 Å². The van der Waals surface area contributed by atoms with E-state index in [9.17, 15) is 4.79 Å². The van der Waals surface area contributed by atoms with E-state index >= 15 is 0 Å². The van der Waals surface area contributed by atoms with E-state index in [0.717, 1.165) is 6.42 Å². The van der Waals surface area contributed by atoms with Gasteiger partial charge in [-0.3, -0.25) is 4.79 Å². The molecule has 1 amide bonds. The molecule has 0 aliphatic carbocycles. The molecule has 5 heteroatoms. The molecule has 0 aliphatic heterocycles. The summed E-state index contributed by atoms with van der Waals surface area (Å²) in [5.74, 6) is -0.209. The number of carbonyl (C=O) groups is 1. The number of rotatable bonds is 4. The predicted octanol–water partition coefficient (Wildman–Crippen LogP) is 3.74. The van der Waals surface area contributed by atoms with Gasteiger partial charge < -0.3 is 5.32 Å². The first-order valence-corrected chi connectivity index (χ1v) is 6.07. The number of alkyl halides is 1. The number of amides is 1. The number of halogens is 3. The van der Waals surface area contributed by atoms with Crippen LogP contribution in [-0.4, -0.2) is 17.8 Å². The molecule has 16 heavy (non-hydrogen) atoms. The molecule has 1 aromatic rings. The highest BCUT2D eigenvalue weighted by Crippen LogP contribution is 2.20. The number of carbonyl (C=O) groups excluding carboxylic acids is 1. The lowest BCUT2D eigenvalue weighted by atomic mass is 10.2. The number of hydrogen-bond donors (Lipinski definition) is 1. The van der Waals surface area contributed by atoms with Crippen LogP contribution in [0.5, 0.6) is 0 Å². The van der Waals surface area contributed by atoms with E-state index in [2.05, 4.69) is 5.32 Å². The summed E-state index contributed by atoms with van der Waals surface area (Å²) in [6.07, 6.45) is 0.721. The Labute approximate surface area is 110 Å². The zero-order chi connectivity index (χ0) is 12.1. The van der Waals surface area contributed by atoms with Gasteiger partial charge in [0, 0.05) is 16.9 Å². The second-order valence-electron chi connectivity index (χ2n) is 3.45. The van der Waals surface area contributed by atoms with Gasteiger partial charge in [-0.15, -0.1) is 11.6 Å². The molecule has 1 N–H and O–H groups in total. The van der Waals surface area contributed by atoms with Crippen molar-refractivity contribution < 1.29 is 4.79 Å². The van der Waals surface area contributed by atoms with Gasteiger partial charge in [-0.25, -0.2) is 0 Å². The van der Waals surface area contributed by atoms with Crippen LogP contribution in [0, 0.1) is 0 Å². The van der Waals surface area contributed by atoms with E-state index in [1.807, 2.05) is 6.92 Å². The summed E-state index contributed by atoms with van der Waals surface area (Å²) in [7, 11) is 0. The molecule has 1 aromatic carbocycles. The largest absolute Gasteiger partial charge is 0.352 e. The van der Waals surface area contributed by atoms with Crippen LogP contribution in [0.1, 0.15) is 23.7 Å². The SMILES string of the molecule is CC(Cl)CCNC(=O)c1ccc(Cl)cc1Cl. The van der Waals surface area contributed by atoms with Gasteiger partial charge in [0.2, 0.25) is 0 Å². The summed E-state index contributed by atoms with van der Waals surface area (Å²) < 4.78 is 0. The van der Waals surface area contributed by atoms with Crippen molar-refractivity contribution in [1.82, 2.24) is 5.32 Å². The first-order chi connectivity index (χ1) is 7.50. The predicted molar refractivity (Wildman–Crippen MR) is 68.7 cm³/mol. The molecule has 0 aliphatic rings. The average molecular weight is 281 g/mol. The lowest BCUT2D eigenvalue weighted by Crippen LogP contribution is -2.25. The van der Waals surface area contributed by atoms with Crippen molar-refractivity contribution in [3.63, 3.8) is 0 Å². The normalized spacial score (nSPS) is 12.2. The quantitative estimate of drug-likeness (QED) is 0.836. The molecule has 0 fully saturated rings. The molecule has 0 heterocycles. The van der Waals surface area contributed by atoms with Crippen LogP contribution in [0.3, 0.4) is 0 Å². The van der Waals surface area contributed by atoms with Crippen LogP contribution in [0.25, 0.3) is 0 Å². The van der Waals surface area contributed by atoms with Gasteiger partial charge in [0.15, 0.2) is 0 Å². The molecular weight excluding hydrogens is 268 g/mol. The Morgan fingerprint density at radius 2 is 2.12 bits per heavy atom. The summed E-state index contributed by atoms with van der Waals surface area (Å²) in [5.41, 5.74) is 0.424. The maximum Gasteiger partial charge on any atom is 0.252 e. The van der Waals surface area contributed by atoms with Gasteiger partial charge in [-0.1, -0.05) is 23.2 Å². The van der Waals surface area contributed by atoms with Crippen molar-refractivity contribution in [2.24, 2.45) is 0 Å². The van der Waals surface area contributed by atoms with Crippen LogP contribution in [0.4, 0.5) is 0 Å². The van der Waals surface area contributed by atoms with Gasteiger partial charge in [0.25, 0.3) is 5.91 Å². The first-order valence-electron chi connectivity index (χ1n) is 4.88. The van der Waals surface area contributed by atoms with Crippen molar-refractivity contribution >= 4 is 40.7 Å². The maximum atomic E-state index is 11.7. The van der Waals surface area contributed by atoms with Gasteiger partial charge in [0.1, 0.15) is 0 Å². The van der Waals surface area contributed by atoms with E-state index in [1.54, 1.807) is 18.2 Å². The first kappa shape index (κ1) is 13.6. The minimum Gasteiger partial charge on any atom is -0.352 e. The van der Waals surface area contributed by atoms with Crippen molar-refractivity contribution in [1.29, 1.82) is 0 Å². The van der Waals surface area contributed by atoms with E-state index < -0.39 is 0 Å². The minimum atomic E-state index is -0.209. The van der Waals surface area contributed by atoms with Crippen LogP contribution >= 0.6 is 34.8 Å². The van der Waals surface area contributed by atoms with E-state index in [1.165, 1.54) is 0 Å². The maximum absolute atomic E-state index is 11.7. The lowest BCUT2D eigenvalue weighted by molar-refractivity contribution is 0.0953. The molecule has 0 bridgehead atoms. The van der Waals surface area contributed by atoms with Crippen molar-refractivity contribution in [2.75, 3.05) is 6.54 Å². The molecule has 2 nitrogen and oxygen atoms in total. The Kier molecular flexibility index (Phi) is 5.39. The van der Waals surface area contributed by atoms with Crippen LogP contribution < -0.4 is 5.32 Å². The highest BCUT2D eigenvalue weighted by Gasteiger charge is 2.10. The third kappa shape index (κ3) is 4.20. The lowest BCUT2D eigenvalue weighted by Gasteiger charge is -2.07. The average Bonchev–Trinajstić information content (AvgIpc) is 2.16. The second kappa shape index (κ2) is 6.33. The Bertz CT molecular complexity index is 379. The van der Waals surface area contributed by atoms with E-state index in [0.29, 0.717) is 22.2 Å². The van der Waals surface area contributed by atoms with Crippen molar-refractivity contribution in [3.8, 4) is 0 Å². The Hall–Kier alpha value is -0.440. The zero-order valence-corrected chi connectivity index (χ0v) is 11.0. The Balaban J connectivity index is 2.59. The fraction of sp³-hybridized carbons (Fsp3) is 0.364. The molecule has 1 atom stereocenters. The van der Waals surface area contributed by atoms with Crippen LogP contribution in [0.2, 0.25) is 10.0 Å². The summed E-state index contributed by atoms with van der Waals surface area (Å²) in [6.45, 7) is 2.41. The Morgan fingerprint density at radius 1 is 1.44 bits per heavy atom. The second-order valence-corrected chi connectivity index (χ2v) is 5.04. The Morgan fingerprint density at radius 3 is 2.69 bits per heavy atom. The molecule has 0 saturated heterocycles. The van der Waals surface area contributed by atoms with Crippen molar-refractivity contribution in [2.45, 2.75) is 18.7 Å². The smallest absolute Gasteiger partial charge is 0.252 e. The van der Waals surface area contributed by atoms with Gasteiger partial charge in [-0.2, -0.15) is 0 Å². The third-order valence-electron chi connectivity index (χ3n) is 2.00. The number of hydrogen-bond acceptors (Lipinski definition) is 1. The summed E-state index contributed by atoms with van der Waals surface area (Å²) in [6, 6.07) is 4.78. The molecule has 0 radical (unpaired) electrons. The molecule has 1 unspecified atom stereocenters. The van der Waals surface area contributed by atoms with E-state index in [-0.39, 0.29) is 11.3 Å². The standard InChI is InChI=1S/C11H12Cl3NO/c1-7(12)4-5-15-11(16)9-3-2-8(13)6-10(9)14/h2-3,6-7H,4-5H2,1H3,(H,15,16). The molecule has 88 valence electrons. The van der Waals surface area contributed by atoms with E-state index in [4.69, 9.17) is 34.8 Å². The van der Waals surface area contributed by atoms with Gasteiger partial charge in [-0.05, 0) is 31.5 Å². The number of benzene rings is 1. The molecule has 0 aromatic heterocycles. The highest BCUT2D eigenvalue weighted by atomic mass is 35.5. The van der Waals surface area contributed by atoms with Gasteiger partial charge in [0.05, 0.1) is 10.6 Å². The minimum absolute atomic E-state index is 0.0426. The zero-order valence-electron chi connectivity index (χ0n) is 8.77. The molecule has 1 rings (SSSR count). The molecule has 0 saturated carbocycles. The van der Waals surface area contributed by atoms with Crippen LogP contribution in [0.15, 0.2) is 18.2 Å². The summed E-state index contributed by atoms with van der Waals surface area (Å²) in [4.78, 5) is 11.7. The summed E-state index contributed by atoms with van der Waals surface area (Å²) in [5, 5.41) is 3.64. The van der Waals surface area contributed by atoms with Gasteiger partial charge >= 0.3 is 0 Å². The number of nitrogens with one attached hydrogen (secondary N) is 1. The third-order valence-corrected chi connectivity index (χ3v) is 2.77. The topological polar surface area (TPSA) is 29.1 Å². The molecular formula is C11H12Cl3NO. The fourth-order valence-corrected chi connectivity index (χ4v) is 1.76. The summed E-state index contributed by atoms with van der Waals surface area (Å²) >= 11 is 17.4.